The second-order valence-corrected chi connectivity index (χ2v) is 37.5. The Morgan fingerprint density at radius 2 is 0.646 bits per heavy atom. The maximum Gasteiger partial charge on any atom is 0.335 e. The first-order chi connectivity index (χ1) is 59.4. The molecule has 12 aliphatic rings. The van der Waals surface area contributed by atoms with E-state index in [2.05, 4.69) is 30.7 Å². The Hall–Kier alpha value is -10.4. The summed E-state index contributed by atoms with van der Waals surface area (Å²) in [5.41, 5.74) is 9.01. The van der Waals surface area contributed by atoms with Crippen molar-refractivity contribution in [3.63, 3.8) is 0 Å². The summed E-state index contributed by atoms with van der Waals surface area (Å²) in [7, 11) is 0. The molecule has 127 heavy (non-hydrogen) atoms. The summed E-state index contributed by atoms with van der Waals surface area (Å²) in [5.74, 6) is -6.88. The predicted molar refractivity (Wildman–Crippen MR) is 484 cm³/mol. The molecular formula is C97H91Cl6F3N12O9. The number of anilines is 3. The number of benzene rings is 6. The molecule has 6 N–H and O–H groups in total. The number of aromatic carboxylic acids is 3. The number of amides is 3. The summed E-state index contributed by atoms with van der Waals surface area (Å²) in [4.78, 5) is 101. The number of aromatic nitrogens is 6. The fourth-order valence-electron chi connectivity index (χ4n) is 23.3. The number of rotatable bonds is 12. The van der Waals surface area contributed by atoms with Crippen LogP contribution in [0.15, 0.2) is 164 Å². The van der Waals surface area contributed by atoms with Gasteiger partial charge in [-0.05, 0) is 202 Å². The molecule has 30 heteroatoms. The summed E-state index contributed by atoms with van der Waals surface area (Å²) in [6.07, 6.45) is 16.1. The van der Waals surface area contributed by atoms with Crippen LogP contribution in [0.2, 0.25) is 30.1 Å². The number of pyridine rings is 3. The number of nitrogens with zero attached hydrogens (tertiary/aromatic N) is 9. The lowest BCUT2D eigenvalue weighted by Crippen LogP contribution is -2.52. The number of imidazole rings is 3. The van der Waals surface area contributed by atoms with E-state index in [0.717, 1.165) is 109 Å². The van der Waals surface area contributed by atoms with Crippen LogP contribution in [0.4, 0.5) is 30.2 Å². The lowest BCUT2D eigenvalue weighted by Gasteiger charge is -2.40. The van der Waals surface area contributed by atoms with Crippen LogP contribution in [0.25, 0.3) is 16.9 Å². The van der Waals surface area contributed by atoms with Gasteiger partial charge in [-0.25, -0.2) is 42.5 Å². The van der Waals surface area contributed by atoms with Gasteiger partial charge in [0.05, 0.1) is 48.8 Å². The number of carboxylic acids is 3. The Bertz CT molecular complexity index is 6030. The van der Waals surface area contributed by atoms with Crippen LogP contribution in [0.5, 0.6) is 0 Å². The van der Waals surface area contributed by atoms with Gasteiger partial charge >= 0.3 is 17.9 Å². The molecule has 6 aliphatic heterocycles. The third kappa shape index (κ3) is 13.1. The molecule has 21 nitrogen and oxygen atoms in total. The highest BCUT2D eigenvalue weighted by Crippen LogP contribution is 2.70. The zero-order chi connectivity index (χ0) is 84.6. The zero-order valence-electron chi connectivity index (χ0n) is 65.3. The van der Waals surface area contributed by atoms with Crippen LogP contribution in [0.3, 0.4) is 0 Å². The number of carbonyl (C=O) groups is 6. The summed E-state index contributed by atoms with van der Waals surface area (Å²) < 4.78 is 54.2. The van der Waals surface area contributed by atoms with Crippen LogP contribution in [0.1, 0.15) is 222 Å². The first-order valence-corrected chi connectivity index (χ1v) is 43.8. The minimum Gasteiger partial charge on any atom is -0.478 e. The molecule has 3 spiro atoms. The SMILES string of the molecule is C.C.C.C.O=C(O)c1ccn2c3c(nc2c1)[C@@H]1[C@H](CC3)N(CC2CC2)[C@@]2(C(=O)Nc3cc(Cl)ccc32)[C@H]1c1cccc(Cl)c1F.O=C(O)c1ccn2c3c(nc2c1)[C@@H]1[C@H](CC3)N(CC2CC2)[C@@]2(C(=O)Nc3cc(Cl)ccc32)[C@H]1c1cccc(Cl)c1F.O=C(O)c1ccn2c3c(nc2c1)[C@H]1[C@@H](CC3)N(CC2CC2)[C@]2(C(=O)Nc3cc(Cl)ccc32)[C@@H]1c1cccc(Cl)c1F. The second kappa shape index (κ2) is 32.1. The molecule has 0 unspecified atom stereocenters. The maximum absolute atomic E-state index is 16.1. The average Bonchev–Trinajstić information content (AvgIpc) is 1.52. The van der Waals surface area contributed by atoms with Crippen molar-refractivity contribution in [2.24, 2.45) is 17.8 Å². The van der Waals surface area contributed by atoms with E-state index in [0.29, 0.717) is 122 Å². The summed E-state index contributed by atoms with van der Waals surface area (Å²) >= 11 is 38.2. The highest BCUT2D eigenvalue weighted by molar-refractivity contribution is 6.33. The third-order valence-electron chi connectivity index (χ3n) is 28.6. The Labute approximate surface area is 760 Å². The van der Waals surface area contributed by atoms with Crippen LogP contribution in [-0.4, -0.2) is 132 Å². The average molecular weight is 1840 g/mol. The largest absolute Gasteiger partial charge is 0.478 e. The first kappa shape index (κ1) is 87.3. The molecule has 6 fully saturated rings. The van der Waals surface area contributed by atoms with E-state index in [9.17, 15) is 44.1 Å². The monoisotopic (exact) mass is 1830 g/mol. The molecule has 3 saturated heterocycles. The first-order valence-electron chi connectivity index (χ1n) is 41.6. The van der Waals surface area contributed by atoms with E-state index < -0.39 is 69.7 Å². The van der Waals surface area contributed by atoms with Crippen LogP contribution in [-0.2, 0) is 50.3 Å². The molecule has 12 aromatic rings. The van der Waals surface area contributed by atoms with Gasteiger partial charge in [-0.1, -0.05) is 154 Å². The smallest absolute Gasteiger partial charge is 0.335 e. The molecule has 12 atom stereocenters. The molecule has 3 saturated carbocycles. The van der Waals surface area contributed by atoms with Crippen molar-refractivity contribution in [3.8, 4) is 0 Å². The van der Waals surface area contributed by atoms with Gasteiger partial charge in [-0.2, -0.15) is 0 Å². The minimum atomic E-state index is -1.20. The van der Waals surface area contributed by atoms with Gasteiger partial charge in [0, 0.05) is 158 Å². The van der Waals surface area contributed by atoms with Crippen molar-refractivity contribution >= 4 is 139 Å². The molecule has 3 amide bonds. The Balaban J connectivity index is 0.000000127. The van der Waals surface area contributed by atoms with Crippen molar-refractivity contribution in [1.82, 2.24) is 42.9 Å². The van der Waals surface area contributed by atoms with Gasteiger partial charge in [0.15, 0.2) is 0 Å². The molecule has 656 valence electrons. The van der Waals surface area contributed by atoms with E-state index in [1.807, 2.05) is 31.4 Å². The van der Waals surface area contributed by atoms with Gasteiger partial charge in [-0.3, -0.25) is 29.1 Å². The number of hydrogen-bond acceptors (Lipinski definition) is 12. The highest BCUT2D eigenvalue weighted by atomic mass is 35.5. The van der Waals surface area contributed by atoms with E-state index in [1.54, 1.807) is 128 Å². The molecule has 0 bridgehead atoms. The lowest BCUT2D eigenvalue weighted by molar-refractivity contribution is -0.128. The molecular weight excluding hydrogens is 1750 g/mol. The molecule has 12 heterocycles. The highest BCUT2D eigenvalue weighted by Gasteiger charge is 2.73. The van der Waals surface area contributed by atoms with Crippen LogP contribution >= 0.6 is 69.6 Å². The minimum absolute atomic E-state index is 0. The van der Waals surface area contributed by atoms with Gasteiger partial charge in [0.25, 0.3) is 0 Å². The number of carboxylic acid groups (broad SMARTS) is 3. The molecule has 0 radical (unpaired) electrons. The van der Waals surface area contributed by atoms with E-state index in [-0.39, 0.29) is 115 Å². The number of hydrogen-bond donors (Lipinski definition) is 6. The van der Waals surface area contributed by atoms with Crippen molar-refractivity contribution in [1.29, 1.82) is 0 Å². The second-order valence-electron chi connectivity index (χ2n) is 35.0. The van der Waals surface area contributed by atoms with Crippen molar-refractivity contribution < 1.29 is 57.3 Å². The lowest BCUT2D eigenvalue weighted by atomic mass is 9.68. The van der Waals surface area contributed by atoms with Gasteiger partial charge in [-0.15, -0.1) is 0 Å². The predicted octanol–water partition coefficient (Wildman–Crippen LogP) is 21.2. The molecule has 6 aromatic heterocycles. The standard InChI is InChI=1S/3C31H25Cl2FN4O3.4CH4/c3*32-17-6-7-19-21(13-17)35-30(41)31(19)26(18-2-1-3-20(33)27(18)34)25-22(38(31)14-15-4-5-15)8-9-23-28(25)36-24-12-16(29(39)40)10-11-37(23)24;;;;/h3*1-3,6-7,10-13,15,22,25-26H,4-5,8-9,14H2,(H,35,41)(H,39,40);4*1H4/t3*22-,25+,26-,31+;;;;/m100..../s1. The summed E-state index contributed by atoms with van der Waals surface area (Å²) in [6.45, 7) is 2.13. The quantitative estimate of drug-likeness (QED) is 0.0664. The maximum atomic E-state index is 16.1. The van der Waals surface area contributed by atoms with Gasteiger partial charge in [0.2, 0.25) is 17.7 Å². The van der Waals surface area contributed by atoms with Crippen molar-refractivity contribution in [2.45, 2.75) is 177 Å². The molecule has 6 aromatic carbocycles. The third-order valence-corrected chi connectivity index (χ3v) is 30.2. The number of nitrogens with one attached hydrogen (secondary N) is 3. The van der Waals surface area contributed by atoms with E-state index >= 15 is 13.2 Å². The summed E-state index contributed by atoms with van der Waals surface area (Å²) in [5, 5.41) is 39.6. The Morgan fingerprint density at radius 1 is 0.378 bits per heavy atom. The van der Waals surface area contributed by atoms with Crippen molar-refractivity contribution in [2.75, 3.05) is 35.6 Å². The van der Waals surface area contributed by atoms with Crippen LogP contribution in [0, 0.1) is 35.2 Å². The Morgan fingerprint density at radius 3 is 0.898 bits per heavy atom. The summed E-state index contributed by atoms with van der Waals surface area (Å²) in [6, 6.07) is 40.4. The number of aryl methyl sites for hydroxylation is 3. The molecule has 6 aliphatic carbocycles. The number of fused-ring (bicyclic) bond motifs is 21. The number of halogens is 9. The van der Waals surface area contributed by atoms with E-state index in [4.69, 9.17) is 84.6 Å². The van der Waals surface area contributed by atoms with E-state index in [1.165, 1.54) is 18.2 Å². The molecule has 24 rings (SSSR count). The van der Waals surface area contributed by atoms with Crippen molar-refractivity contribution in [3.05, 3.63) is 296 Å². The van der Waals surface area contributed by atoms with Gasteiger partial charge in [0.1, 0.15) is 51.0 Å². The number of likely N-dealkylation sites (tertiary alicyclic amines) is 3. The fraction of sp³-hybridized carbons (Fsp3) is 0.351. The topological polar surface area (TPSA) is 261 Å². The Kier molecular flexibility index (Phi) is 22.1. The zero-order valence-corrected chi connectivity index (χ0v) is 69.9. The normalized spacial score (nSPS) is 25.9. The number of carbonyl (C=O) groups excluding carboxylic acids is 3. The fourth-order valence-corrected chi connectivity index (χ4v) is 24.3. The van der Waals surface area contributed by atoms with Gasteiger partial charge < -0.3 is 44.5 Å². The van der Waals surface area contributed by atoms with Crippen LogP contribution < -0.4 is 16.0 Å².